The van der Waals surface area contributed by atoms with E-state index in [1.165, 1.54) is 7.11 Å². The number of benzene rings is 1. The van der Waals surface area contributed by atoms with Gasteiger partial charge < -0.3 is 19.1 Å². The Morgan fingerprint density at radius 3 is 2.55 bits per heavy atom. The number of hydrogen-bond acceptors (Lipinski definition) is 5. The Morgan fingerprint density at radius 2 is 1.91 bits per heavy atom. The maximum Gasteiger partial charge on any atom is 0.229 e. The molecule has 22 heavy (non-hydrogen) atoms. The van der Waals surface area contributed by atoms with Gasteiger partial charge in [-0.05, 0) is 17.7 Å². The lowest BCUT2D eigenvalue weighted by Gasteiger charge is -2.26. The predicted octanol–water partition coefficient (Wildman–Crippen LogP) is 0.984. The van der Waals surface area contributed by atoms with Crippen LogP contribution in [0.4, 0.5) is 0 Å². The van der Waals surface area contributed by atoms with Crippen molar-refractivity contribution in [2.75, 3.05) is 21.0 Å². The molecule has 0 aromatic heterocycles. The van der Waals surface area contributed by atoms with E-state index in [1.54, 1.807) is 12.0 Å². The Kier molecular flexibility index (Phi) is 4.13. The average Bonchev–Trinajstić information content (AvgIpc) is 2.98. The Hall–Kier alpha value is -1.92. The molecule has 0 N–H and O–H groups in total. The van der Waals surface area contributed by atoms with Crippen LogP contribution in [0.3, 0.4) is 0 Å². The van der Waals surface area contributed by atoms with Crippen LogP contribution in [0.25, 0.3) is 0 Å². The summed E-state index contributed by atoms with van der Waals surface area (Å²) >= 11 is 0. The molecule has 1 heterocycles. The zero-order chi connectivity index (χ0) is 15.7. The second-order valence-electron chi connectivity index (χ2n) is 5.57. The highest BCUT2D eigenvalue weighted by atomic mass is 16.7. The van der Waals surface area contributed by atoms with Gasteiger partial charge in [0.15, 0.2) is 5.78 Å². The van der Waals surface area contributed by atoms with Gasteiger partial charge >= 0.3 is 0 Å². The molecule has 3 rings (SSSR count). The summed E-state index contributed by atoms with van der Waals surface area (Å²) in [6.45, 7) is 0.497. The molecule has 1 aliphatic carbocycles. The number of piperidine rings is 1. The fraction of sp³-hybridized carbons (Fsp3) is 0.500. The fourth-order valence-corrected chi connectivity index (χ4v) is 3.24. The van der Waals surface area contributed by atoms with E-state index in [4.69, 9.17) is 14.2 Å². The molecule has 0 spiro atoms. The topological polar surface area (TPSA) is 65.1 Å². The van der Waals surface area contributed by atoms with Crippen LogP contribution in [0.5, 0.6) is 5.75 Å². The highest BCUT2D eigenvalue weighted by molar-refractivity contribution is 6.02. The zero-order valence-corrected chi connectivity index (χ0v) is 12.7. The molecule has 1 saturated carbocycles. The molecule has 0 radical (unpaired) electrons. The summed E-state index contributed by atoms with van der Waals surface area (Å²) in [5.74, 6) is 0.446. The number of carbonyl (C=O) groups excluding carboxylic acids is 2. The standard InChI is InChI=1S/C16H19NO5/c1-20-9-22-15-12-7-13(18)14(15)17(16(12)19)8-10-3-5-11(21-2)6-4-10/h3-6,12,14-15H,7-9H2,1-2H3/t12-,14+,15+/m0/s1. The molecule has 1 aromatic carbocycles. The third-order valence-electron chi connectivity index (χ3n) is 4.29. The second-order valence-corrected chi connectivity index (χ2v) is 5.57. The molecule has 2 bridgehead atoms. The van der Waals surface area contributed by atoms with E-state index in [1.807, 2.05) is 24.3 Å². The molecular weight excluding hydrogens is 286 g/mol. The van der Waals surface area contributed by atoms with E-state index < -0.39 is 12.1 Å². The summed E-state index contributed by atoms with van der Waals surface area (Å²) in [6.07, 6.45) is -0.116. The normalized spacial score (nSPS) is 26.8. The van der Waals surface area contributed by atoms with Crippen molar-refractivity contribution in [2.45, 2.75) is 25.1 Å². The van der Waals surface area contributed by atoms with Crippen LogP contribution in [0, 0.1) is 5.92 Å². The largest absolute Gasteiger partial charge is 0.497 e. The summed E-state index contributed by atoms with van der Waals surface area (Å²) in [6, 6.07) is 6.99. The molecule has 2 fully saturated rings. The van der Waals surface area contributed by atoms with Crippen molar-refractivity contribution in [1.82, 2.24) is 4.90 Å². The van der Waals surface area contributed by atoms with E-state index in [0.717, 1.165) is 11.3 Å². The number of amides is 1. The Morgan fingerprint density at radius 1 is 1.18 bits per heavy atom. The number of ketones is 1. The minimum atomic E-state index is -0.491. The van der Waals surface area contributed by atoms with Crippen LogP contribution in [0.15, 0.2) is 24.3 Å². The first kappa shape index (κ1) is 15.0. The molecule has 1 aliphatic heterocycles. The van der Waals surface area contributed by atoms with Crippen LogP contribution >= 0.6 is 0 Å². The number of nitrogens with zero attached hydrogens (tertiary/aromatic N) is 1. The number of Topliss-reactive ketones (excluding diaryl/α,β-unsaturated/α-hetero) is 1. The van der Waals surface area contributed by atoms with Crippen molar-refractivity contribution < 1.29 is 23.8 Å². The summed E-state index contributed by atoms with van der Waals surface area (Å²) in [5.41, 5.74) is 0.958. The van der Waals surface area contributed by atoms with Gasteiger partial charge in [0.2, 0.25) is 5.91 Å². The first-order valence-corrected chi connectivity index (χ1v) is 7.22. The van der Waals surface area contributed by atoms with Crippen molar-refractivity contribution in [1.29, 1.82) is 0 Å². The van der Waals surface area contributed by atoms with Gasteiger partial charge in [-0.1, -0.05) is 12.1 Å². The van der Waals surface area contributed by atoms with Gasteiger partial charge in [-0.15, -0.1) is 0 Å². The van der Waals surface area contributed by atoms with Crippen LogP contribution in [-0.4, -0.2) is 49.7 Å². The van der Waals surface area contributed by atoms with Crippen molar-refractivity contribution in [3.8, 4) is 5.75 Å². The number of likely N-dealkylation sites (tertiary alicyclic amines) is 1. The summed E-state index contributed by atoms with van der Waals surface area (Å²) in [7, 11) is 3.13. The molecule has 1 saturated heterocycles. The van der Waals surface area contributed by atoms with E-state index in [2.05, 4.69) is 0 Å². The molecule has 1 amide bonds. The molecule has 6 nitrogen and oxygen atoms in total. The van der Waals surface area contributed by atoms with Gasteiger partial charge in [-0.25, -0.2) is 0 Å². The molecule has 2 aliphatic rings. The van der Waals surface area contributed by atoms with E-state index >= 15 is 0 Å². The van der Waals surface area contributed by atoms with E-state index in [-0.39, 0.29) is 30.8 Å². The number of methoxy groups -OCH3 is 2. The Bertz CT molecular complexity index is 570. The average molecular weight is 305 g/mol. The maximum absolute atomic E-state index is 12.4. The van der Waals surface area contributed by atoms with Gasteiger partial charge in [0, 0.05) is 20.1 Å². The van der Waals surface area contributed by atoms with E-state index in [9.17, 15) is 9.59 Å². The Labute approximate surface area is 128 Å². The molecule has 6 heteroatoms. The third kappa shape index (κ3) is 2.48. The molecule has 0 unspecified atom stereocenters. The van der Waals surface area contributed by atoms with Gasteiger partial charge in [0.25, 0.3) is 0 Å². The number of rotatable bonds is 6. The minimum Gasteiger partial charge on any atom is -0.497 e. The van der Waals surface area contributed by atoms with Crippen LogP contribution < -0.4 is 4.74 Å². The first-order valence-electron chi connectivity index (χ1n) is 7.22. The smallest absolute Gasteiger partial charge is 0.229 e. The zero-order valence-electron chi connectivity index (χ0n) is 12.7. The van der Waals surface area contributed by atoms with Crippen molar-refractivity contribution in [3.63, 3.8) is 0 Å². The van der Waals surface area contributed by atoms with Crippen molar-refractivity contribution >= 4 is 11.7 Å². The summed E-state index contributed by atoms with van der Waals surface area (Å²) in [4.78, 5) is 26.2. The number of fused-ring (bicyclic) bond motifs is 2. The van der Waals surface area contributed by atoms with Crippen LogP contribution in [0.2, 0.25) is 0 Å². The monoisotopic (exact) mass is 305 g/mol. The molecule has 118 valence electrons. The number of ether oxygens (including phenoxy) is 3. The minimum absolute atomic E-state index is 0.0125. The second kappa shape index (κ2) is 6.06. The molecule has 3 atom stereocenters. The van der Waals surface area contributed by atoms with Crippen molar-refractivity contribution in [2.24, 2.45) is 5.92 Å². The fourth-order valence-electron chi connectivity index (χ4n) is 3.24. The maximum atomic E-state index is 12.4. The number of hydrogen-bond donors (Lipinski definition) is 0. The number of carbonyl (C=O) groups is 2. The quantitative estimate of drug-likeness (QED) is 0.733. The van der Waals surface area contributed by atoms with Crippen molar-refractivity contribution in [3.05, 3.63) is 29.8 Å². The SMILES string of the molecule is COCO[C@@H]1[C@@H]2CC(=O)[C@H]1N(Cc1ccc(OC)cc1)C2=O. The summed E-state index contributed by atoms with van der Waals surface area (Å²) < 4.78 is 15.6. The lowest BCUT2D eigenvalue weighted by Crippen LogP contribution is -2.43. The van der Waals surface area contributed by atoms with E-state index in [0.29, 0.717) is 6.54 Å². The van der Waals surface area contributed by atoms with Gasteiger partial charge in [0.1, 0.15) is 18.6 Å². The molecular formula is C16H19NO5. The Balaban J connectivity index is 1.75. The summed E-state index contributed by atoms with van der Waals surface area (Å²) in [5, 5.41) is 0. The van der Waals surface area contributed by atoms with Gasteiger partial charge in [-0.2, -0.15) is 0 Å². The van der Waals surface area contributed by atoms with Gasteiger partial charge in [-0.3, -0.25) is 9.59 Å². The first-order chi connectivity index (χ1) is 10.7. The van der Waals surface area contributed by atoms with Crippen LogP contribution in [0.1, 0.15) is 12.0 Å². The lowest BCUT2D eigenvalue weighted by molar-refractivity contribution is -0.141. The highest BCUT2D eigenvalue weighted by Crippen LogP contribution is 2.39. The predicted molar refractivity (Wildman–Crippen MR) is 77.2 cm³/mol. The van der Waals surface area contributed by atoms with Gasteiger partial charge in [0.05, 0.1) is 19.1 Å². The molecule has 1 aromatic rings. The third-order valence-corrected chi connectivity index (χ3v) is 4.29. The highest BCUT2D eigenvalue weighted by Gasteiger charge is 2.58. The lowest BCUT2D eigenvalue weighted by atomic mass is 10.1. The van der Waals surface area contributed by atoms with Crippen LogP contribution in [-0.2, 0) is 25.6 Å².